The number of nitrogens with zero attached hydrogens (tertiary/aromatic N) is 3. The van der Waals surface area contributed by atoms with E-state index in [-0.39, 0.29) is 24.3 Å². The van der Waals surface area contributed by atoms with Gasteiger partial charge < -0.3 is 19.9 Å². The first kappa shape index (κ1) is 19.5. The zero-order chi connectivity index (χ0) is 20.1. The third kappa shape index (κ3) is 4.51. The number of carbonyl (C=O) groups excluding carboxylic acids is 1. The third-order valence-corrected chi connectivity index (χ3v) is 3.80. The number of carbonyl (C=O) groups is 1. The lowest BCUT2D eigenvalue weighted by molar-refractivity contribution is -0.146. The highest BCUT2D eigenvalue weighted by Gasteiger charge is 2.37. The molecule has 1 aromatic carbocycles. The number of imidazole rings is 1. The first-order valence-electron chi connectivity index (χ1n) is 8.54. The van der Waals surface area contributed by atoms with Gasteiger partial charge in [-0.05, 0) is 43.3 Å². The Morgan fingerprint density at radius 1 is 1.21 bits per heavy atom. The van der Waals surface area contributed by atoms with E-state index in [4.69, 9.17) is 4.74 Å². The second kappa shape index (κ2) is 8.15. The van der Waals surface area contributed by atoms with Crippen molar-refractivity contribution in [3.63, 3.8) is 0 Å². The standard InChI is InChI=1S/C18H18F3N5O2/c1-2-28-13-7-5-12(6-8-13)24-17(27)23-10-11-26-15-14(4-3-9-22-15)25-16(26)18(19,20)21/h3-9H,2,10-11H2,1H3,(H2,23,24,27). The molecule has 0 aliphatic carbocycles. The molecule has 0 bridgehead atoms. The first-order chi connectivity index (χ1) is 13.4. The maximum atomic E-state index is 13.2. The van der Waals surface area contributed by atoms with Gasteiger partial charge in [0.25, 0.3) is 0 Å². The minimum absolute atomic E-state index is 0.0338. The summed E-state index contributed by atoms with van der Waals surface area (Å²) in [6.07, 6.45) is -3.22. The van der Waals surface area contributed by atoms with Crippen molar-refractivity contribution in [1.82, 2.24) is 19.9 Å². The number of fused-ring (bicyclic) bond motifs is 1. The number of halogens is 3. The van der Waals surface area contributed by atoms with Crippen LogP contribution in [-0.2, 0) is 12.7 Å². The van der Waals surface area contributed by atoms with Crippen LogP contribution in [0.15, 0.2) is 42.6 Å². The molecule has 0 atom stereocenters. The summed E-state index contributed by atoms with van der Waals surface area (Å²) in [6.45, 7) is 2.24. The van der Waals surface area contributed by atoms with E-state index in [1.54, 1.807) is 24.3 Å². The summed E-state index contributed by atoms with van der Waals surface area (Å²) in [5.74, 6) is -0.373. The Balaban J connectivity index is 1.62. The van der Waals surface area contributed by atoms with E-state index >= 15 is 0 Å². The van der Waals surface area contributed by atoms with Gasteiger partial charge in [-0.3, -0.25) is 0 Å². The summed E-state index contributed by atoms with van der Waals surface area (Å²) < 4.78 is 45.9. The van der Waals surface area contributed by atoms with Crippen molar-refractivity contribution in [2.45, 2.75) is 19.6 Å². The van der Waals surface area contributed by atoms with Gasteiger partial charge in [0.05, 0.1) is 6.61 Å². The van der Waals surface area contributed by atoms with E-state index in [1.165, 1.54) is 18.3 Å². The van der Waals surface area contributed by atoms with Crippen molar-refractivity contribution in [3.8, 4) is 5.75 Å². The monoisotopic (exact) mass is 393 g/mol. The average Bonchev–Trinajstić information content (AvgIpc) is 3.03. The molecular formula is C18H18F3N5O2. The van der Waals surface area contributed by atoms with Crippen molar-refractivity contribution >= 4 is 22.9 Å². The highest BCUT2D eigenvalue weighted by Crippen LogP contribution is 2.30. The number of pyridine rings is 1. The highest BCUT2D eigenvalue weighted by molar-refractivity contribution is 5.89. The number of urea groups is 1. The van der Waals surface area contributed by atoms with E-state index in [2.05, 4.69) is 20.6 Å². The molecule has 0 aliphatic heterocycles. The fraction of sp³-hybridized carbons (Fsp3) is 0.278. The molecule has 2 N–H and O–H groups in total. The number of aromatic nitrogens is 3. The van der Waals surface area contributed by atoms with Gasteiger partial charge in [-0.2, -0.15) is 13.2 Å². The molecule has 2 aromatic heterocycles. The lowest BCUT2D eigenvalue weighted by Gasteiger charge is -2.12. The predicted octanol–water partition coefficient (Wildman–Crippen LogP) is 3.67. The summed E-state index contributed by atoms with van der Waals surface area (Å²) in [5.41, 5.74) is 0.795. The van der Waals surface area contributed by atoms with Crippen LogP contribution < -0.4 is 15.4 Å². The average molecular weight is 393 g/mol. The zero-order valence-electron chi connectivity index (χ0n) is 15.0. The van der Waals surface area contributed by atoms with Crippen molar-refractivity contribution in [3.05, 3.63) is 48.4 Å². The number of hydrogen-bond acceptors (Lipinski definition) is 4. The number of alkyl halides is 3. The Kier molecular flexibility index (Phi) is 5.67. The Labute approximate surface area is 158 Å². The van der Waals surface area contributed by atoms with Crippen LogP contribution in [0.25, 0.3) is 11.2 Å². The molecule has 0 saturated carbocycles. The summed E-state index contributed by atoms with van der Waals surface area (Å²) in [6, 6.07) is 9.19. The molecule has 0 radical (unpaired) electrons. The van der Waals surface area contributed by atoms with Crippen LogP contribution >= 0.6 is 0 Å². The zero-order valence-corrected chi connectivity index (χ0v) is 15.0. The number of rotatable bonds is 6. The maximum Gasteiger partial charge on any atom is 0.449 e. The van der Waals surface area contributed by atoms with Crippen LogP contribution in [-0.4, -0.2) is 33.7 Å². The van der Waals surface area contributed by atoms with Crippen LogP contribution in [0.4, 0.5) is 23.7 Å². The van der Waals surface area contributed by atoms with Gasteiger partial charge in [-0.15, -0.1) is 0 Å². The number of benzene rings is 1. The van der Waals surface area contributed by atoms with Crippen molar-refractivity contribution in [2.24, 2.45) is 0 Å². The van der Waals surface area contributed by atoms with Crippen molar-refractivity contribution in [1.29, 1.82) is 0 Å². The number of ether oxygens (including phenoxy) is 1. The van der Waals surface area contributed by atoms with E-state index in [0.717, 1.165) is 4.57 Å². The van der Waals surface area contributed by atoms with Gasteiger partial charge in [0.2, 0.25) is 5.82 Å². The minimum atomic E-state index is -4.62. The van der Waals surface area contributed by atoms with Crippen LogP contribution in [0, 0.1) is 0 Å². The largest absolute Gasteiger partial charge is 0.494 e. The predicted molar refractivity (Wildman–Crippen MR) is 97.2 cm³/mol. The molecule has 28 heavy (non-hydrogen) atoms. The molecule has 3 aromatic rings. The van der Waals surface area contributed by atoms with Gasteiger partial charge in [0.1, 0.15) is 11.3 Å². The van der Waals surface area contributed by atoms with Crippen molar-refractivity contribution in [2.75, 3.05) is 18.5 Å². The Hall–Kier alpha value is -3.30. The van der Waals surface area contributed by atoms with E-state index in [1.807, 2.05) is 6.92 Å². The minimum Gasteiger partial charge on any atom is -0.494 e. The highest BCUT2D eigenvalue weighted by atomic mass is 19.4. The quantitative estimate of drug-likeness (QED) is 0.670. The molecule has 0 unspecified atom stereocenters. The topological polar surface area (TPSA) is 81.1 Å². The lowest BCUT2D eigenvalue weighted by atomic mass is 10.3. The van der Waals surface area contributed by atoms with E-state index < -0.39 is 18.0 Å². The van der Waals surface area contributed by atoms with Crippen LogP contribution in [0.3, 0.4) is 0 Å². The lowest BCUT2D eigenvalue weighted by Crippen LogP contribution is -2.32. The summed E-state index contributed by atoms with van der Waals surface area (Å²) in [5, 5.41) is 5.13. The summed E-state index contributed by atoms with van der Waals surface area (Å²) in [7, 11) is 0. The van der Waals surface area contributed by atoms with E-state index in [9.17, 15) is 18.0 Å². The SMILES string of the molecule is CCOc1ccc(NC(=O)NCCn2c(C(F)(F)F)nc3cccnc32)cc1. The van der Waals surface area contributed by atoms with Crippen LogP contribution in [0.1, 0.15) is 12.7 Å². The molecule has 10 heteroatoms. The summed E-state index contributed by atoms with van der Waals surface area (Å²) >= 11 is 0. The number of amides is 2. The fourth-order valence-electron chi connectivity index (χ4n) is 2.64. The van der Waals surface area contributed by atoms with Crippen LogP contribution in [0.5, 0.6) is 5.75 Å². The molecule has 0 aliphatic rings. The van der Waals surface area contributed by atoms with Gasteiger partial charge in [0.15, 0.2) is 5.65 Å². The first-order valence-corrected chi connectivity index (χ1v) is 8.54. The van der Waals surface area contributed by atoms with E-state index in [0.29, 0.717) is 18.0 Å². The van der Waals surface area contributed by atoms with Crippen molar-refractivity contribution < 1.29 is 22.7 Å². The van der Waals surface area contributed by atoms with Gasteiger partial charge >= 0.3 is 12.2 Å². The Morgan fingerprint density at radius 3 is 2.64 bits per heavy atom. The molecule has 2 heterocycles. The number of hydrogen-bond donors (Lipinski definition) is 2. The second-order valence-electron chi connectivity index (χ2n) is 5.77. The van der Waals surface area contributed by atoms with Gasteiger partial charge in [0, 0.05) is 25.0 Å². The molecule has 2 amide bonds. The summed E-state index contributed by atoms with van der Waals surface area (Å²) in [4.78, 5) is 19.6. The molecule has 0 fully saturated rings. The van der Waals surface area contributed by atoms with Crippen LogP contribution in [0.2, 0.25) is 0 Å². The Morgan fingerprint density at radius 2 is 1.96 bits per heavy atom. The molecule has 7 nitrogen and oxygen atoms in total. The third-order valence-electron chi connectivity index (χ3n) is 3.80. The molecule has 0 spiro atoms. The fourth-order valence-corrected chi connectivity index (χ4v) is 2.64. The Bertz CT molecular complexity index is 954. The van der Waals surface area contributed by atoms with Gasteiger partial charge in [-0.1, -0.05) is 0 Å². The molecular weight excluding hydrogens is 375 g/mol. The van der Waals surface area contributed by atoms with Gasteiger partial charge in [-0.25, -0.2) is 14.8 Å². The number of nitrogens with one attached hydrogen (secondary N) is 2. The normalized spacial score (nSPS) is 11.4. The molecule has 148 valence electrons. The maximum absolute atomic E-state index is 13.2. The smallest absolute Gasteiger partial charge is 0.449 e. The molecule has 0 saturated heterocycles. The molecule has 3 rings (SSSR count). The number of anilines is 1. The second-order valence-corrected chi connectivity index (χ2v) is 5.77.